The summed E-state index contributed by atoms with van der Waals surface area (Å²) in [7, 11) is 2.19. The molecule has 1 aliphatic heterocycles. The van der Waals surface area contributed by atoms with Crippen molar-refractivity contribution < 1.29 is 0 Å². The van der Waals surface area contributed by atoms with Crippen molar-refractivity contribution in [3.8, 4) is 0 Å². The first kappa shape index (κ1) is 18.1. The molecule has 128 valence electrons. The maximum atomic E-state index is 6.20. The quantitative estimate of drug-likeness (QED) is 0.620. The number of nitrogens with zero attached hydrogens (tertiary/aromatic N) is 2. The van der Waals surface area contributed by atoms with Crippen LogP contribution in [0.3, 0.4) is 0 Å². The lowest BCUT2D eigenvalue weighted by atomic mass is 9.97. The molecule has 1 fully saturated rings. The van der Waals surface area contributed by atoms with Crippen LogP contribution in [-0.2, 0) is 6.42 Å². The Hall–Kier alpha value is -1.26. The predicted octanol–water partition coefficient (Wildman–Crippen LogP) is 2.78. The number of benzene rings is 1. The van der Waals surface area contributed by atoms with Crippen molar-refractivity contribution in [2.24, 2.45) is 10.9 Å². The summed E-state index contributed by atoms with van der Waals surface area (Å²) >= 11 is 6.20. The van der Waals surface area contributed by atoms with E-state index >= 15 is 0 Å². The molecule has 5 heteroatoms. The number of hydrogen-bond donors (Lipinski definition) is 2. The van der Waals surface area contributed by atoms with Gasteiger partial charge in [0, 0.05) is 24.7 Å². The van der Waals surface area contributed by atoms with Gasteiger partial charge in [0.1, 0.15) is 0 Å². The van der Waals surface area contributed by atoms with Crippen LogP contribution in [0, 0.1) is 5.92 Å². The van der Waals surface area contributed by atoms with E-state index in [0.29, 0.717) is 5.92 Å². The summed E-state index contributed by atoms with van der Waals surface area (Å²) in [6, 6.07) is 8.01. The number of hydrogen-bond acceptors (Lipinski definition) is 2. The van der Waals surface area contributed by atoms with Gasteiger partial charge in [-0.15, -0.1) is 0 Å². The van der Waals surface area contributed by atoms with Gasteiger partial charge in [-0.25, -0.2) is 0 Å². The van der Waals surface area contributed by atoms with Gasteiger partial charge in [0.05, 0.1) is 0 Å². The highest BCUT2D eigenvalue weighted by Gasteiger charge is 2.16. The standard InChI is InChI=1S/C18H29ClN4/c1-3-20-18(22-14-15-9-12-23(2)13-10-15)21-11-8-16-6-4-5-7-17(16)19/h4-7,15H,3,8-14H2,1-2H3,(H2,20,21,22). The molecule has 4 nitrogen and oxygen atoms in total. The van der Waals surface area contributed by atoms with E-state index < -0.39 is 0 Å². The topological polar surface area (TPSA) is 39.7 Å². The Morgan fingerprint density at radius 3 is 2.70 bits per heavy atom. The molecule has 0 saturated carbocycles. The molecule has 1 heterocycles. The van der Waals surface area contributed by atoms with Crippen LogP contribution in [0.15, 0.2) is 29.3 Å². The van der Waals surface area contributed by atoms with Crippen LogP contribution in [0.5, 0.6) is 0 Å². The van der Waals surface area contributed by atoms with Crippen molar-refractivity contribution in [3.63, 3.8) is 0 Å². The lowest BCUT2D eigenvalue weighted by Gasteiger charge is -2.28. The van der Waals surface area contributed by atoms with Gasteiger partial charge in [-0.2, -0.15) is 0 Å². The van der Waals surface area contributed by atoms with Crippen molar-refractivity contribution in [1.82, 2.24) is 15.5 Å². The second-order valence-corrected chi connectivity index (χ2v) is 6.64. The normalized spacial score (nSPS) is 17.3. The molecule has 1 aliphatic rings. The third-order valence-electron chi connectivity index (χ3n) is 4.33. The average molecular weight is 337 g/mol. The fourth-order valence-corrected chi connectivity index (χ4v) is 3.05. The Bertz CT molecular complexity index is 496. The van der Waals surface area contributed by atoms with Gasteiger partial charge in [0.2, 0.25) is 0 Å². The zero-order chi connectivity index (χ0) is 16.5. The maximum absolute atomic E-state index is 6.20. The highest BCUT2D eigenvalue weighted by molar-refractivity contribution is 6.31. The van der Waals surface area contributed by atoms with Crippen molar-refractivity contribution in [2.75, 3.05) is 39.8 Å². The SMILES string of the molecule is CCNC(=NCC1CCN(C)CC1)NCCc1ccccc1Cl. The van der Waals surface area contributed by atoms with E-state index in [4.69, 9.17) is 16.6 Å². The number of guanidine groups is 1. The molecule has 0 bridgehead atoms. The molecular weight excluding hydrogens is 308 g/mol. The fraction of sp³-hybridized carbons (Fsp3) is 0.611. The Labute approximate surface area is 145 Å². The first-order valence-electron chi connectivity index (χ1n) is 8.63. The van der Waals surface area contributed by atoms with Crippen LogP contribution >= 0.6 is 11.6 Å². The average Bonchev–Trinajstić information content (AvgIpc) is 2.56. The molecular formula is C18H29ClN4. The van der Waals surface area contributed by atoms with E-state index in [0.717, 1.165) is 37.0 Å². The van der Waals surface area contributed by atoms with Crippen molar-refractivity contribution in [3.05, 3.63) is 34.9 Å². The Kier molecular flexibility index (Phi) is 7.69. The summed E-state index contributed by atoms with van der Waals surface area (Å²) in [5.74, 6) is 1.63. The van der Waals surface area contributed by atoms with Gasteiger partial charge >= 0.3 is 0 Å². The molecule has 0 unspecified atom stereocenters. The van der Waals surface area contributed by atoms with E-state index in [-0.39, 0.29) is 0 Å². The molecule has 0 aromatic heterocycles. The highest BCUT2D eigenvalue weighted by Crippen LogP contribution is 2.16. The van der Waals surface area contributed by atoms with Crippen LogP contribution in [0.2, 0.25) is 5.02 Å². The number of halogens is 1. The maximum Gasteiger partial charge on any atom is 0.191 e. The van der Waals surface area contributed by atoms with Crippen molar-refractivity contribution in [1.29, 1.82) is 0 Å². The molecule has 0 radical (unpaired) electrons. The lowest BCUT2D eigenvalue weighted by Crippen LogP contribution is -2.39. The second-order valence-electron chi connectivity index (χ2n) is 6.23. The highest BCUT2D eigenvalue weighted by atomic mass is 35.5. The largest absolute Gasteiger partial charge is 0.357 e. The number of piperidine rings is 1. The Morgan fingerprint density at radius 2 is 2.00 bits per heavy atom. The summed E-state index contributed by atoms with van der Waals surface area (Å²) in [5.41, 5.74) is 1.17. The first-order valence-corrected chi connectivity index (χ1v) is 9.01. The number of likely N-dealkylation sites (tertiary alicyclic amines) is 1. The van der Waals surface area contributed by atoms with Crippen LogP contribution in [0.1, 0.15) is 25.3 Å². The number of nitrogens with one attached hydrogen (secondary N) is 2. The summed E-state index contributed by atoms with van der Waals surface area (Å²) in [4.78, 5) is 7.15. The molecule has 0 spiro atoms. The second kappa shape index (κ2) is 9.78. The third-order valence-corrected chi connectivity index (χ3v) is 4.70. The zero-order valence-electron chi connectivity index (χ0n) is 14.3. The monoisotopic (exact) mass is 336 g/mol. The van der Waals surface area contributed by atoms with Gasteiger partial charge in [0.25, 0.3) is 0 Å². The molecule has 1 aromatic carbocycles. The third kappa shape index (κ3) is 6.40. The summed E-state index contributed by atoms with van der Waals surface area (Å²) in [5, 5.41) is 7.58. The van der Waals surface area contributed by atoms with E-state index in [9.17, 15) is 0 Å². The minimum absolute atomic E-state index is 0.713. The van der Waals surface area contributed by atoms with Crippen LogP contribution in [0.25, 0.3) is 0 Å². The lowest BCUT2D eigenvalue weighted by molar-refractivity contribution is 0.223. The van der Waals surface area contributed by atoms with Gasteiger partial charge in [-0.3, -0.25) is 4.99 Å². The summed E-state index contributed by atoms with van der Waals surface area (Å²) in [6.45, 7) is 7.11. The summed E-state index contributed by atoms with van der Waals surface area (Å²) in [6.07, 6.45) is 3.40. The van der Waals surface area contributed by atoms with Gasteiger partial charge in [0.15, 0.2) is 5.96 Å². The van der Waals surface area contributed by atoms with E-state index in [1.165, 1.54) is 31.5 Å². The minimum Gasteiger partial charge on any atom is -0.357 e. The van der Waals surface area contributed by atoms with Crippen molar-refractivity contribution in [2.45, 2.75) is 26.2 Å². The van der Waals surface area contributed by atoms with E-state index in [1.54, 1.807) is 0 Å². The molecule has 0 amide bonds. The van der Waals surface area contributed by atoms with Crippen LogP contribution < -0.4 is 10.6 Å². The van der Waals surface area contributed by atoms with Crippen LogP contribution in [-0.4, -0.2) is 50.6 Å². The minimum atomic E-state index is 0.713. The predicted molar refractivity (Wildman–Crippen MR) is 99.4 cm³/mol. The van der Waals surface area contributed by atoms with E-state index in [1.807, 2.05) is 18.2 Å². The van der Waals surface area contributed by atoms with Gasteiger partial charge < -0.3 is 15.5 Å². The summed E-state index contributed by atoms with van der Waals surface area (Å²) < 4.78 is 0. The molecule has 0 atom stereocenters. The van der Waals surface area contributed by atoms with Gasteiger partial charge in [-0.05, 0) is 63.9 Å². The zero-order valence-corrected chi connectivity index (χ0v) is 15.1. The molecule has 2 rings (SSSR count). The van der Waals surface area contributed by atoms with Crippen molar-refractivity contribution >= 4 is 17.6 Å². The Morgan fingerprint density at radius 1 is 1.26 bits per heavy atom. The molecule has 23 heavy (non-hydrogen) atoms. The molecule has 0 aliphatic carbocycles. The molecule has 2 N–H and O–H groups in total. The van der Waals surface area contributed by atoms with Gasteiger partial charge in [-0.1, -0.05) is 29.8 Å². The number of aliphatic imine (C=N–C) groups is 1. The van der Waals surface area contributed by atoms with E-state index in [2.05, 4.69) is 35.6 Å². The first-order chi connectivity index (χ1) is 11.2. The molecule has 1 saturated heterocycles. The smallest absolute Gasteiger partial charge is 0.191 e. The fourth-order valence-electron chi connectivity index (χ4n) is 2.82. The molecule has 1 aromatic rings. The Balaban J connectivity index is 1.78. The van der Waals surface area contributed by atoms with Crippen LogP contribution in [0.4, 0.5) is 0 Å². The number of rotatable bonds is 6.